The first-order valence-corrected chi connectivity index (χ1v) is 6.52. The third kappa shape index (κ3) is 2.24. The molecule has 0 bridgehead atoms. The molecule has 3 rings (SSSR count). The Labute approximate surface area is 115 Å². The average molecular weight is 274 g/mol. The van der Waals surface area contributed by atoms with Crippen LogP contribution >= 0.6 is 0 Å². The normalized spacial score (nSPS) is 19.9. The Hall–Kier alpha value is -2.37. The van der Waals surface area contributed by atoms with Gasteiger partial charge in [-0.05, 0) is 30.5 Å². The number of carbonyl (C=O) groups excluding carboxylic acids is 1. The lowest BCUT2D eigenvalue weighted by atomic mass is 10.0. The minimum Gasteiger partial charge on any atom is -0.456 e. The highest BCUT2D eigenvalue weighted by molar-refractivity contribution is 5.88. The Bertz CT molecular complexity index is 579. The van der Waals surface area contributed by atoms with Crippen LogP contribution in [0.4, 0.5) is 5.69 Å². The maximum absolute atomic E-state index is 11.9. The summed E-state index contributed by atoms with van der Waals surface area (Å²) in [6.07, 6.45) is 3.98. The fourth-order valence-corrected chi connectivity index (χ4v) is 2.51. The van der Waals surface area contributed by atoms with Gasteiger partial charge in [-0.25, -0.2) is 4.79 Å². The lowest BCUT2D eigenvalue weighted by Crippen LogP contribution is -2.44. The van der Waals surface area contributed by atoms with Crippen molar-refractivity contribution in [1.82, 2.24) is 4.90 Å². The molecule has 0 spiro atoms. The van der Waals surface area contributed by atoms with Gasteiger partial charge in [-0.3, -0.25) is 10.1 Å². The smallest absolute Gasteiger partial charge is 0.354 e. The van der Waals surface area contributed by atoms with Crippen LogP contribution in [0.5, 0.6) is 0 Å². The van der Waals surface area contributed by atoms with E-state index in [1.165, 1.54) is 12.1 Å². The van der Waals surface area contributed by atoms with Crippen LogP contribution in [0, 0.1) is 10.1 Å². The van der Waals surface area contributed by atoms with Crippen LogP contribution in [-0.2, 0) is 16.1 Å². The topological polar surface area (TPSA) is 72.7 Å². The monoisotopic (exact) mass is 274 g/mol. The second-order valence-corrected chi connectivity index (χ2v) is 4.96. The van der Waals surface area contributed by atoms with Crippen LogP contribution in [0.1, 0.15) is 18.4 Å². The van der Waals surface area contributed by atoms with E-state index in [4.69, 9.17) is 4.74 Å². The molecule has 6 heteroatoms. The molecule has 0 amide bonds. The number of rotatable bonds is 4. The lowest BCUT2D eigenvalue weighted by Gasteiger charge is -2.38. The molecule has 0 saturated carbocycles. The maximum Gasteiger partial charge on any atom is 0.354 e. The average Bonchev–Trinajstić information content (AvgIpc) is 2.71. The zero-order chi connectivity index (χ0) is 14.1. The van der Waals surface area contributed by atoms with Crippen LogP contribution in [-0.4, -0.2) is 28.4 Å². The summed E-state index contributed by atoms with van der Waals surface area (Å²) in [5.74, 6) is -0.314. The number of benzene rings is 1. The van der Waals surface area contributed by atoms with Crippen LogP contribution in [0.15, 0.2) is 36.0 Å². The number of fused-ring (bicyclic) bond motifs is 1. The fraction of sp³-hybridized carbons (Fsp3) is 0.357. The number of nitro groups is 1. The first-order valence-electron chi connectivity index (χ1n) is 6.52. The first kappa shape index (κ1) is 12.7. The number of hydrogen-bond donors (Lipinski definition) is 0. The van der Waals surface area contributed by atoms with Crippen molar-refractivity contribution in [2.45, 2.75) is 25.5 Å². The molecule has 0 aliphatic carbocycles. The summed E-state index contributed by atoms with van der Waals surface area (Å²) in [5, 5.41) is 10.5. The van der Waals surface area contributed by atoms with Crippen molar-refractivity contribution in [3.05, 3.63) is 51.7 Å². The van der Waals surface area contributed by atoms with E-state index in [-0.39, 0.29) is 18.3 Å². The van der Waals surface area contributed by atoms with Crippen LogP contribution in [0.3, 0.4) is 0 Å². The molecule has 2 heterocycles. The second-order valence-electron chi connectivity index (χ2n) is 4.96. The Kier molecular flexibility index (Phi) is 3.14. The Morgan fingerprint density at radius 1 is 1.40 bits per heavy atom. The van der Waals surface area contributed by atoms with Crippen molar-refractivity contribution in [1.29, 1.82) is 0 Å². The molecule has 0 radical (unpaired) electrons. The van der Waals surface area contributed by atoms with Gasteiger partial charge in [0.2, 0.25) is 0 Å². The van der Waals surface area contributed by atoms with Crippen molar-refractivity contribution < 1.29 is 14.5 Å². The molecule has 1 aromatic rings. The number of esters is 1. The van der Waals surface area contributed by atoms with Gasteiger partial charge in [-0.1, -0.05) is 6.08 Å². The first-order chi connectivity index (χ1) is 9.65. The summed E-state index contributed by atoms with van der Waals surface area (Å²) in [4.78, 5) is 24.1. The molecular formula is C14H14N2O4. The molecule has 0 aromatic heterocycles. The van der Waals surface area contributed by atoms with E-state index in [1.807, 2.05) is 6.08 Å². The van der Waals surface area contributed by atoms with E-state index in [0.717, 1.165) is 24.9 Å². The molecule has 20 heavy (non-hydrogen) atoms. The SMILES string of the molecule is O=C(OCc1ccc([N+](=O)[O-])cc1)C1=CCC2CCN12. The van der Waals surface area contributed by atoms with Crippen molar-refractivity contribution in [3.63, 3.8) is 0 Å². The Morgan fingerprint density at radius 2 is 2.15 bits per heavy atom. The van der Waals surface area contributed by atoms with Gasteiger partial charge >= 0.3 is 5.97 Å². The van der Waals surface area contributed by atoms with Crippen LogP contribution in [0.2, 0.25) is 0 Å². The standard InChI is InChI=1S/C14H14N2O4/c17-14(13-6-5-11-7-8-15(11)13)20-9-10-1-3-12(4-2-10)16(18)19/h1-4,6,11H,5,7-9H2. The molecule has 6 nitrogen and oxygen atoms in total. The summed E-state index contributed by atoms with van der Waals surface area (Å²) in [5.41, 5.74) is 1.42. The Morgan fingerprint density at radius 3 is 2.70 bits per heavy atom. The number of ether oxygens (including phenoxy) is 1. The third-order valence-electron chi connectivity index (χ3n) is 3.76. The largest absolute Gasteiger partial charge is 0.456 e. The van der Waals surface area contributed by atoms with Crippen LogP contribution in [0.25, 0.3) is 0 Å². The second kappa shape index (κ2) is 4.96. The van der Waals surface area contributed by atoms with Gasteiger partial charge in [0.25, 0.3) is 5.69 Å². The molecule has 0 N–H and O–H groups in total. The van der Waals surface area contributed by atoms with Gasteiger partial charge in [0.15, 0.2) is 0 Å². The highest BCUT2D eigenvalue weighted by Gasteiger charge is 2.37. The van der Waals surface area contributed by atoms with Crippen molar-refractivity contribution in [2.24, 2.45) is 0 Å². The van der Waals surface area contributed by atoms with Gasteiger partial charge in [0.05, 0.1) is 4.92 Å². The predicted octanol–water partition coefficient (Wildman–Crippen LogP) is 2.00. The molecule has 2 aliphatic rings. The summed E-state index contributed by atoms with van der Waals surface area (Å²) < 4.78 is 5.25. The Balaban J connectivity index is 1.56. The van der Waals surface area contributed by atoms with Crippen molar-refractivity contribution in [2.75, 3.05) is 6.54 Å². The van der Waals surface area contributed by atoms with Crippen molar-refractivity contribution in [3.8, 4) is 0 Å². The molecule has 1 fully saturated rings. The van der Waals surface area contributed by atoms with E-state index in [1.54, 1.807) is 12.1 Å². The van der Waals surface area contributed by atoms with E-state index in [2.05, 4.69) is 4.90 Å². The molecule has 1 atom stereocenters. The summed E-state index contributed by atoms with van der Waals surface area (Å²) in [6.45, 7) is 1.05. The quantitative estimate of drug-likeness (QED) is 0.477. The number of carbonyl (C=O) groups is 1. The predicted molar refractivity (Wildman–Crippen MR) is 70.7 cm³/mol. The zero-order valence-electron chi connectivity index (χ0n) is 10.8. The number of nitro benzene ring substituents is 1. The number of non-ortho nitro benzene ring substituents is 1. The summed E-state index contributed by atoms with van der Waals surface area (Å²) in [6, 6.07) is 6.49. The molecule has 1 unspecified atom stereocenters. The van der Waals surface area contributed by atoms with Gasteiger partial charge in [-0.2, -0.15) is 0 Å². The summed E-state index contributed by atoms with van der Waals surface area (Å²) in [7, 11) is 0. The van der Waals surface area contributed by atoms with Gasteiger partial charge < -0.3 is 9.64 Å². The maximum atomic E-state index is 11.9. The van der Waals surface area contributed by atoms with Crippen molar-refractivity contribution >= 4 is 11.7 Å². The highest BCUT2D eigenvalue weighted by atomic mass is 16.6. The van der Waals surface area contributed by atoms with Gasteiger partial charge in [0.1, 0.15) is 12.3 Å². The zero-order valence-corrected chi connectivity index (χ0v) is 10.8. The minimum atomic E-state index is -0.455. The van der Waals surface area contributed by atoms with Gasteiger partial charge in [-0.15, -0.1) is 0 Å². The minimum absolute atomic E-state index is 0.0296. The molecule has 2 aliphatic heterocycles. The molecule has 1 saturated heterocycles. The summed E-state index contributed by atoms with van der Waals surface area (Å²) >= 11 is 0. The van der Waals surface area contributed by atoms with E-state index in [9.17, 15) is 14.9 Å². The number of hydrogen-bond acceptors (Lipinski definition) is 5. The molecule has 104 valence electrons. The highest BCUT2D eigenvalue weighted by Crippen LogP contribution is 2.32. The number of nitrogens with zero attached hydrogens (tertiary/aromatic N) is 2. The molecular weight excluding hydrogens is 260 g/mol. The van der Waals surface area contributed by atoms with E-state index >= 15 is 0 Å². The lowest BCUT2D eigenvalue weighted by molar-refractivity contribution is -0.384. The molecule has 1 aromatic carbocycles. The fourth-order valence-electron chi connectivity index (χ4n) is 2.51. The van der Waals surface area contributed by atoms with Crippen LogP contribution < -0.4 is 0 Å². The van der Waals surface area contributed by atoms with E-state index < -0.39 is 4.92 Å². The third-order valence-corrected chi connectivity index (χ3v) is 3.76. The van der Waals surface area contributed by atoms with E-state index in [0.29, 0.717) is 11.7 Å². The van der Waals surface area contributed by atoms with Gasteiger partial charge in [0, 0.05) is 24.7 Å².